The van der Waals surface area contributed by atoms with E-state index in [1.807, 2.05) is 29.0 Å². The summed E-state index contributed by atoms with van der Waals surface area (Å²) in [5.74, 6) is 0.763. The van der Waals surface area contributed by atoms with Gasteiger partial charge in [0.25, 0.3) is 0 Å². The maximum absolute atomic E-state index is 12.1. The van der Waals surface area contributed by atoms with Crippen LogP contribution >= 0.6 is 0 Å². The number of rotatable bonds is 5. The van der Waals surface area contributed by atoms with Crippen molar-refractivity contribution in [1.82, 2.24) is 14.5 Å². The number of anilines is 1. The summed E-state index contributed by atoms with van der Waals surface area (Å²) < 4.78 is 8.24. The molecule has 1 aromatic carbocycles. The highest BCUT2D eigenvalue weighted by Gasteiger charge is 2.23. The van der Waals surface area contributed by atoms with E-state index >= 15 is 0 Å². The normalized spacial score (nSPS) is 14.7. The van der Waals surface area contributed by atoms with E-state index in [2.05, 4.69) is 9.97 Å². The Balaban J connectivity index is 1.66. The summed E-state index contributed by atoms with van der Waals surface area (Å²) in [6, 6.07) is 7.50. The summed E-state index contributed by atoms with van der Waals surface area (Å²) in [5.41, 5.74) is 9.51. The first-order valence-electron chi connectivity index (χ1n) is 8.69. The Morgan fingerprint density at radius 1 is 1.19 bits per heavy atom. The van der Waals surface area contributed by atoms with Crippen molar-refractivity contribution in [3.05, 3.63) is 72.1 Å². The van der Waals surface area contributed by atoms with Gasteiger partial charge in [-0.15, -0.1) is 0 Å². The van der Waals surface area contributed by atoms with Crippen LogP contribution in [0.1, 0.15) is 40.4 Å². The summed E-state index contributed by atoms with van der Waals surface area (Å²) >= 11 is 0. The smallest absolute Gasteiger partial charge is 0.163 e. The van der Waals surface area contributed by atoms with E-state index in [4.69, 9.17) is 10.5 Å². The van der Waals surface area contributed by atoms with E-state index in [1.165, 1.54) is 0 Å². The molecule has 4 rings (SSSR count). The van der Waals surface area contributed by atoms with Gasteiger partial charge in [0, 0.05) is 42.3 Å². The van der Waals surface area contributed by atoms with E-state index in [1.54, 1.807) is 31.0 Å². The Morgan fingerprint density at radius 2 is 2.12 bits per heavy atom. The van der Waals surface area contributed by atoms with Gasteiger partial charge in [-0.25, -0.2) is 4.98 Å². The summed E-state index contributed by atoms with van der Waals surface area (Å²) in [5, 5.41) is 0. The van der Waals surface area contributed by atoms with Gasteiger partial charge in [0.05, 0.1) is 18.6 Å². The fraction of sp³-hybridized carbons (Fsp3) is 0.250. The van der Waals surface area contributed by atoms with Gasteiger partial charge in [-0.05, 0) is 36.6 Å². The second-order valence-electron chi connectivity index (χ2n) is 6.43. The largest absolute Gasteiger partial charge is 0.482 e. The molecule has 6 heteroatoms. The predicted octanol–water partition coefficient (Wildman–Crippen LogP) is 3.20. The lowest BCUT2D eigenvalue weighted by atomic mass is 9.89. The molecule has 2 N–H and O–H groups in total. The molecule has 0 saturated heterocycles. The quantitative estimate of drug-likeness (QED) is 0.716. The highest BCUT2D eigenvalue weighted by Crippen LogP contribution is 2.35. The van der Waals surface area contributed by atoms with Gasteiger partial charge in [0.2, 0.25) is 0 Å². The lowest BCUT2D eigenvalue weighted by Gasteiger charge is -2.24. The van der Waals surface area contributed by atoms with Crippen LogP contribution in [0, 0.1) is 0 Å². The molecule has 6 nitrogen and oxygen atoms in total. The molecule has 26 heavy (non-hydrogen) atoms. The Bertz CT molecular complexity index is 907. The first-order valence-corrected chi connectivity index (χ1v) is 8.69. The van der Waals surface area contributed by atoms with Gasteiger partial charge < -0.3 is 15.0 Å². The van der Waals surface area contributed by atoms with Gasteiger partial charge in [0.1, 0.15) is 11.9 Å². The summed E-state index contributed by atoms with van der Waals surface area (Å²) in [7, 11) is 0. The topological polar surface area (TPSA) is 83.0 Å². The third kappa shape index (κ3) is 3.18. The van der Waals surface area contributed by atoms with Crippen molar-refractivity contribution in [1.29, 1.82) is 0 Å². The van der Waals surface area contributed by atoms with Crippen LogP contribution in [0.3, 0.4) is 0 Å². The highest BCUT2D eigenvalue weighted by molar-refractivity contribution is 6.00. The number of nitrogens with zero attached hydrogens (tertiary/aromatic N) is 3. The predicted molar refractivity (Wildman–Crippen MR) is 98.0 cm³/mol. The molecule has 0 bridgehead atoms. The highest BCUT2D eigenvalue weighted by atomic mass is 16.5. The van der Waals surface area contributed by atoms with Crippen molar-refractivity contribution >= 4 is 11.5 Å². The minimum absolute atomic E-state index is 0.159. The number of Topliss-reactive ketones (excluding diaryl/α,β-unsaturated/α-hetero) is 1. The molecule has 0 aliphatic heterocycles. The molecule has 0 saturated carbocycles. The average Bonchev–Trinajstić information content (AvgIpc) is 3.18. The van der Waals surface area contributed by atoms with E-state index < -0.39 is 0 Å². The van der Waals surface area contributed by atoms with Gasteiger partial charge in [-0.3, -0.25) is 9.78 Å². The molecule has 0 fully saturated rings. The molecule has 0 unspecified atom stereocenters. The Kier molecular flexibility index (Phi) is 4.39. The summed E-state index contributed by atoms with van der Waals surface area (Å²) in [6.07, 6.45) is 10.9. The van der Waals surface area contributed by atoms with Crippen LogP contribution in [0.4, 0.5) is 5.69 Å². The molecule has 0 amide bonds. The fourth-order valence-corrected chi connectivity index (χ4v) is 3.35. The SMILES string of the molecule is Nc1c(O[C@H](Cn2ccnc2)c2cccnc2)ccc2c1CCCC2=O. The van der Waals surface area contributed by atoms with E-state index in [0.29, 0.717) is 24.4 Å². The lowest BCUT2D eigenvalue weighted by Crippen LogP contribution is -2.18. The molecule has 0 radical (unpaired) electrons. The zero-order chi connectivity index (χ0) is 17.9. The number of ether oxygens (including phenoxy) is 1. The minimum Gasteiger partial charge on any atom is -0.482 e. The van der Waals surface area contributed by atoms with Crippen molar-refractivity contribution in [3.8, 4) is 5.75 Å². The first kappa shape index (κ1) is 16.3. The molecule has 3 aromatic rings. The number of carbonyl (C=O) groups is 1. The van der Waals surface area contributed by atoms with Crippen molar-refractivity contribution in [2.45, 2.75) is 31.9 Å². The van der Waals surface area contributed by atoms with Gasteiger partial charge in [-0.1, -0.05) is 6.07 Å². The number of benzene rings is 1. The zero-order valence-electron chi connectivity index (χ0n) is 14.3. The van der Waals surface area contributed by atoms with E-state index in [-0.39, 0.29) is 11.9 Å². The van der Waals surface area contributed by atoms with Crippen LogP contribution in [0.5, 0.6) is 5.75 Å². The van der Waals surface area contributed by atoms with Crippen LogP contribution in [0.15, 0.2) is 55.4 Å². The fourth-order valence-electron chi connectivity index (χ4n) is 3.35. The Labute approximate surface area is 151 Å². The standard InChI is InChI=1S/C20H20N4O2/c21-20-16-4-1-5-17(25)15(16)6-7-18(20)26-19(12-24-10-9-23-13-24)14-3-2-8-22-11-14/h2-3,6-11,13,19H,1,4-5,12,21H2/t19-/m1/s1. The molecule has 1 aliphatic carbocycles. The van der Waals surface area contributed by atoms with Crippen LogP contribution in [-0.4, -0.2) is 20.3 Å². The molecule has 2 aromatic heterocycles. The molecule has 2 heterocycles. The van der Waals surface area contributed by atoms with Gasteiger partial charge in [0.15, 0.2) is 5.78 Å². The van der Waals surface area contributed by atoms with E-state index in [9.17, 15) is 4.79 Å². The van der Waals surface area contributed by atoms with Crippen LogP contribution in [0.2, 0.25) is 0 Å². The Hall–Kier alpha value is -3.15. The number of carbonyl (C=O) groups excluding carboxylic acids is 1. The number of pyridine rings is 1. The molecule has 1 atom stereocenters. The van der Waals surface area contributed by atoms with E-state index in [0.717, 1.165) is 29.5 Å². The molecular formula is C20H20N4O2. The second kappa shape index (κ2) is 7.00. The van der Waals surface area contributed by atoms with Crippen molar-refractivity contribution in [2.75, 3.05) is 5.73 Å². The number of hydrogen-bond donors (Lipinski definition) is 1. The third-order valence-electron chi connectivity index (χ3n) is 4.71. The number of aromatic nitrogens is 3. The molecular weight excluding hydrogens is 328 g/mol. The molecule has 0 spiro atoms. The maximum Gasteiger partial charge on any atom is 0.163 e. The lowest BCUT2D eigenvalue weighted by molar-refractivity contribution is 0.0972. The number of hydrogen-bond acceptors (Lipinski definition) is 5. The maximum atomic E-state index is 12.1. The molecule has 1 aliphatic rings. The summed E-state index contributed by atoms with van der Waals surface area (Å²) in [4.78, 5) is 20.4. The second-order valence-corrected chi connectivity index (χ2v) is 6.43. The van der Waals surface area contributed by atoms with Gasteiger partial charge >= 0.3 is 0 Å². The minimum atomic E-state index is -0.266. The van der Waals surface area contributed by atoms with Crippen LogP contribution in [0.25, 0.3) is 0 Å². The monoisotopic (exact) mass is 348 g/mol. The van der Waals surface area contributed by atoms with Crippen LogP contribution in [-0.2, 0) is 13.0 Å². The third-order valence-corrected chi connectivity index (χ3v) is 4.71. The number of imidazole rings is 1. The van der Waals surface area contributed by atoms with Gasteiger partial charge in [-0.2, -0.15) is 0 Å². The van der Waals surface area contributed by atoms with Crippen molar-refractivity contribution in [3.63, 3.8) is 0 Å². The number of nitrogen functional groups attached to an aromatic ring is 1. The van der Waals surface area contributed by atoms with Crippen LogP contribution < -0.4 is 10.5 Å². The number of fused-ring (bicyclic) bond motifs is 1. The Morgan fingerprint density at radius 3 is 2.88 bits per heavy atom. The van der Waals surface area contributed by atoms with Crippen molar-refractivity contribution in [2.24, 2.45) is 0 Å². The average molecular weight is 348 g/mol. The first-order chi connectivity index (χ1) is 12.7. The number of nitrogens with two attached hydrogens (primary N) is 1. The molecule has 132 valence electrons. The zero-order valence-corrected chi connectivity index (χ0v) is 14.3. The van der Waals surface area contributed by atoms with Crippen molar-refractivity contribution < 1.29 is 9.53 Å². The number of ketones is 1. The summed E-state index contributed by atoms with van der Waals surface area (Å²) in [6.45, 7) is 0.584.